The second kappa shape index (κ2) is 6.35. The van der Waals surface area contributed by atoms with Gasteiger partial charge in [0, 0.05) is 18.6 Å². The Kier molecular flexibility index (Phi) is 4.53. The maximum absolute atomic E-state index is 11.3. The molecule has 2 aromatic rings. The molecule has 106 valence electrons. The van der Waals surface area contributed by atoms with E-state index < -0.39 is 0 Å². The van der Waals surface area contributed by atoms with Crippen molar-refractivity contribution in [3.05, 3.63) is 28.3 Å². The number of anilines is 2. The van der Waals surface area contributed by atoms with Gasteiger partial charge < -0.3 is 16.1 Å². The first-order valence-corrected chi connectivity index (χ1v) is 6.81. The van der Waals surface area contributed by atoms with Crippen LogP contribution in [0, 0.1) is 0 Å². The van der Waals surface area contributed by atoms with Crippen LogP contribution in [-0.2, 0) is 6.42 Å². The fraction of sp³-hybridized carbons (Fsp3) is 0.273. The van der Waals surface area contributed by atoms with E-state index in [0.29, 0.717) is 21.8 Å². The molecule has 0 atom stereocenters. The average Bonchev–Trinajstić information content (AvgIpc) is 2.37. The molecule has 0 saturated carbocycles. The zero-order valence-electron chi connectivity index (χ0n) is 10.9. The zero-order valence-corrected chi connectivity index (χ0v) is 11.7. The van der Waals surface area contributed by atoms with Gasteiger partial charge in [0.1, 0.15) is 22.5 Å². The van der Waals surface area contributed by atoms with E-state index >= 15 is 0 Å². The van der Waals surface area contributed by atoms with Gasteiger partial charge in [-0.15, -0.1) is 0 Å². The fourth-order valence-corrected chi connectivity index (χ4v) is 2.36. The summed E-state index contributed by atoms with van der Waals surface area (Å²) in [7, 11) is 0. The number of nitrogens with zero attached hydrogens (tertiary/aromatic N) is 3. The van der Waals surface area contributed by atoms with E-state index in [1.807, 2.05) is 6.92 Å². The number of hydrogen-bond donors (Lipinski definition) is 4. The lowest BCUT2D eigenvalue weighted by Crippen LogP contribution is -2.11. The third kappa shape index (κ3) is 3.68. The summed E-state index contributed by atoms with van der Waals surface area (Å²) in [6.07, 6.45) is 1.66. The van der Waals surface area contributed by atoms with E-state index in [9.17, 15) is 4.79 Å². The Balaban J connectivity index is 2.31. The van der Waals surface area contributed by atoms with Crippen molar-refractivity contribution in [2.45, 2.75) is 29.9 Å². The second-order valence-corrected chi connectivity index (χ2v) is 4.99. The molecule has 9 heteroatoms. The third-order valence-corrected chi connectivity index (χ3v) is 3.12. The second-order valence-electron chi connectivity index (χ2n) is 3.98. The lowest BCUT2D eigenvalue weighted by atomic mass is 10.3. The molecule has 2 heterocycles. The topological polar surface area (TPSA) is 136 Å². The summed E-state index contributed by atoms with van der Waals surface area (Å²) < 4.78 is 0. The summed E-state index contributed by atoms with van der Waals surface area (Å²) in [6.45, 7) is 2.04. The van der Waals surface area contributed by atoms with E-state index in [1.54, 1.807) is 6.07 Å². The monoisotopic (exact) mass is 293 g/mol. The standard InChI is InChI=1S/C11H15N7OS/c1-2-3-7-15-8(18-13)5-10(16-7)20-11-14-6(12)4-9(19)17-11/h4-5H,2-3,13H2,1H3,(H,15,16,18)(H3,12,14,17,19). The van der Waals surface area contributed by atoms with Crippen LogP contribution in [0.3, 0.4) is 0 Å². The van der Waals surface area contributed by atoms with Gasteiger partial charge in [0.2, 0.25) is 0 Å². The molecule has 20 heavy (non-hydrogen) atoms. The molecular formula is C11H15N7OS. The fourth-order valence-electron chi connectivity index (χ4n) is 1.54. The van der Waals surface area contributed by atoms with Crippen LogP contribution in [0.2, 0.25) is 0 Å². The van der Waals surface area contributed by atoms with Crippen LogP contribution in [0.25, 0.3) is 0 Å². The minimum absolute atomic E-state index is 0.163. The summed E-state index contributed by atoms with van der Waals surface area (Å²) in [5.74, 6) is 6.73. The molecule has 0 radical (unpaired) electrons. The van der Waals surface area contributed by atoms with Gasteiger partial charge in [-0.05, 0) is 18.2 Å². The first kappa shape index (κ1) is 14.3. The average molecular weight is 293 g/mol. The van der Waals surface area contributed by atoms with Gasteiger partial charge in [-0.1, -0.05) is 6.92 Å². The van der Waals surface area contributed by atoms with Gasteiger partial charge in [0.25, 0.3) is 5.56 Å². The Bertz CT molecular complexity index is 657. The Morgan fingerprint density at radius 3 is 2.80 bits per heavy atom. The molecule has 0 unspecified atom stereocenters. The highest BCUT2D eigenvalue weighted by molar-refractivity contribution is 7.99. The highest BCUT2D eigenvalue weighted by Gasteiger charge is 2.07. The maximum Gasteiger partial charge on any atom is 0.253 e. The zero-order chi connectivity index (χ0) is 14.5. The number of aryl methyl sites for hydroxylation is 1. The van der Waals surface area contributed by atoms with Gasteiger partial charge in [-0.25, -0.2) is 20.8 Å². The summed E-state index contributed by atoms with van der Waals surface area (Å²) in [5, 5.41) is 1.00. The summed E-state index contributed by atoms with van der Waals surface area (Å²) in [4.78, 5) is 26.6. The van der Waals surface area contributed by atoms with Crippen molar-refractivity contribution in [3.63, 3.8) is 0 Å². The van der Waals surface area contributed by atoms with Gasteiger partial charge >= 0.3 is 0 Å². The van der Waals surface area contributed by atoms with E-state index in [2.05, 4.69) is 25.4 Å². The van der Waals surface area contributed by atoms with Crippen molar-refractivity contribution < 1.29 is 0 Å². The first-order valence-electron chi connectivity index (χ1n) is 6.00. The molecule has 0 aromatic carbocycles. The Morgan fingerprint density at radius 1 is 1.35 bits per heavy atom. The number of nitrogens with two attached hydrogens (primary N) is 2. The highest BCUT2D eigenvalue weighted by Crippen LogP contribution is 2.24. The molecule has 0 fully saturated rings. The van der Waals surface area contributed by atoms with Crippen molar-refractivity contribution in [3.8, 4) is 0 Å². The van der Waals surface area contributed by atoms with Gasteiger partial charge in [-0.2, -0.15) is 0 Å². The first-order chi connectivity index (χ1) is 9.60. The van der Waals surface area contributed by atoms with E-state index in [1.165, 1.54) is 17.8 Å². The molecule has 0 spiro atoms. The Hall–Kier alpha value is -2.13. The molecule has 0 bridgehead atoms. The largest absolute Gasteiger partial charge is 0.383 e. The van der Waals surface area contributed by atoms with Crippen molar-refractivity contribution in [2.75, 3.05) is 11.2 Å². The molecule has 0 saturated heterocycles. The van der Waals surface area contributed by atoms with Crippen LogP contribution in [0.1, 0.15) is 19.2 Å². The SMILES string of the molecule is CCCc1nc(NN)cc(Sc2nc(N)cc(=O)[nH]2)n1. The van der Waals surface area contributed by atoms with E-state index in [-0.39, 0.29) is 11.4 Å². The normalized spacial score (nSPS) is 10.5. The number of H-pyrrole nitrogens is 1. The molecular weight excluding hydrogens is 278 g/mol. The van der Waals surface area contributed by atoms with Crippen molar-refractivity contribution in [2.24, 2.45) is 5.84 Å². The van der Waals surface area contributed by atoms with Crippen molar-refractivity contribution >= 4 is 23.4 Å². The van der Waals surface area contributed by atoms with Crippen LogP contribution in [0.4, 0.5) is 11.6 Å². The van der Waals surface area contributed by atoms with Crippen molar-refractivity contribution in [1.29, 1.82) is 0 Å². The third-order valence-electron chi connectivity index (χ3n) is 2.31. The van der Waals surface area contributed by atoms with Crippen molar-refractivity contribution in [1.82, 2.24) is 19.9 Å². The number of rotatable bonds is 5. The van der Waals surface area contributed by atoms with E-state index in [0.717, 1.165) is 12.8 Å². The van der Waals surface area contributed by atoms with Crippen LogP contribution >= 0.6 is 11.8 Å². The van der Waals surface area contributed by atoms with Crippen LogP contribution in [-0.4, -0.2) is 19.9 Å². The molecule has 0 amide bonds. The number of nitrogen functional groups attached to an aromatic ring is 2. The molecule has 0 aliphatic carbocycles. The molecule has 0 aliphatic rings. The Labute approximate surface area is 119 Å². The predicted molar refractivity (Wildman–Crippen MR) is 77.2 cm³/mol. The van der Waals surface area contributed by atoms with Gasteiger partial charge in [0.05, 0.1) is 0 Å². The number of hydrazine groups is 1. The van der Waals surface area contributed by atoms with E-state index in [4.69, 9.17) is 11.6 Å². The predicted octanol–water partition coefficient (Wildman–Crippen LogP) is 0.531. The number of hydrogen-bond acceptors (Lipinski definition) is 8. The Morgan fingerprint density at radius 2 is 2.15 bits per heavy atom. The molecule has 6 N–H and O–H groups in total. The molecule has 8 nitrogen and oxygen atoms in total. The van der Waals surface area contributed by atoms with Gasteiger partial charge in [-0.3, -0.25) is 4.79 Å². The quantitative estimate of drug-likeness (QED) is 0.271. The van der Waals surface area contributed by atoms with Crippen LogP contribution < -0.4 is 22.6 Å². The highest BCUT2D eigenvalue weighted by atomic mass is 32.2. The van der Waals surface area contributed by atoms with Crippen LogP contribution in [0.5, 0.6) is 0 Å². The minimum Gasteiger partial charge on any atom is -0.383 e. The smallest absolute Gasteiger partial charge is 0.253 e. The lowest BCUT2D eigenvalue weighted by Gasteiger charge is -2.06. The number of aromatic nitrogens is 4. The number of nitrogens with one attached hydrogen (secondary N) is 2. The number of aromatic amines is 1. The van der Waals surface area contributed by atoms with Crippen LogP contribution in [0.15, 0.2) is 27.1 Å². The lowest BCUT2D eigenvalue weighted by molar-refractivity contribution is 0.809. The summed E-state index contributed by atoms with van der Waals surface area (Å²) in [5.41, 5.74) is 7.72. The summed E-state index contributed by atoms with van der Waals surface area (Å²) >= 11 is 1.19. The summed E-state index contributed by atoms with van der Waals surface area (Å²) in [6, 6.07) is 2.90. The minimum atomic E-state index is -0.306. The van der Waals surface area contributed by atoms with Gasteiger partial charge in [0.15, 0.2) is 5.16 Å². The molecule has 0 aliphatic heterocycles. The maximum atomic E-state index is 11.3. The molecule has 2 rings (SSSR count). The molecule has 2 aromatic heterocycles.